The molecule has 0 radical (unpaired) electrons. The molecule has 2 rings (SSSR count). The number of halogens is 1. The van der Waals surface area contributed by atoms with Crippen molar-refractivity contribution in [1.82, 2.24) is 9.97 Å². The highest BCUT2D eigenvalue weighted by molar-refractivity contribution is 7.16. The lowest BCUT2D eigenvalue weighted by molar-refractivity contribution is 0.623. The number of fused-ring (bicyclic) bond motifs is 1. The van der Waals surface area contributed by atoms with Gasteiger partial charge in [-0.25, -0.2) is 9.97 Å². The Morgan fingerprint density at radius 2 is 2.21 bits per heavy atom. The van der Waals surface area contributed by atoms with Crippen molar-refractivity contribution in [3.63, 3.8) is 0 Å². The summed E-state index contributed by atoms with van der Waals surface area (Å²) >= 11 is 7.65. The molecule has 0 N–H and O–H groups in total. The fraction of sp³-hybridized carbons (Fsp3) is 0.400. The number of hydrogen-bond donors (Lipinski definition) is 0. The molecule has 0 saturated heterocycles. The van der Waals surface area contributed by atoms with Crippen molar-refractivity contribution < 1.29 is 0 Å². The van der Waals surface area contributed by atoms with Gasteiger partial charge in [0, 0.05) is 11.8 Å². The highest BCUT2D eigenvalue weighted by Crippen LogP contribution is 2.25. The van der Waals surface area contributed by atoms with Crippen LogP contribution in [0.3, 0.4) is 0 Å². The molecule has 0 amide bonds. The Bertz CT molecular complexity index is 450. The molecular weight excluding hydrogens is 216 g/mol. The number of nitrogens with zero attached hydrogens (tertiary/aromatic N) is 2. The number of aromatic nitrogens is 2. The van der Waals surface area contributed by atoms with Gasteiger partial charge in [-0.1, -0.05) is 25.4 Å². The van der Waals surface area contributed by atoms with Gasteiger partial charge in [0.2, 0.25) is 0 Å². The summed E-state index contributed by atoms with van der Waals surface area (Å²) in [5.74, 6) is 1.41. The van der Waals surface area contributed by atoms with Crippen LogP contribution in [0.15, 0.2) is 11.4 Å². The van der Waals surface area contributed by atoms with Crippen LogP contribution in [-0.2, 0) is 6.42 Å². The first-order valence-corrected chi connectivity index (χ1v) is 5.82. The molecule has 0 unspecified atom stereocenters. The van der Waals surface area contributed by atoms with Crippen LogP contribution < -0.4 is 0 Å². The van der Waals surface area contributed by atoms with E-state index >= 15 is 0 Å². The molecule has 0 aliphatic carbocycles. The molecule has 0 aromatic carbocycles. The van der Waals surface area contributed by atoms with Gasteiger partial charge in [0.25, 0.3) is 0 Å². The lowest BCUT2D eigenvalue weighted by Crippen LogP contribution is -2.00. The van der Waals surface area contributed by atoms with Crippen molar-refractivity contribution in [1.29, 1.82) is 0 Å². The first-order chi connectivity index (χ1) is 6.66. The fourth-order valence-corrected chi connectivity index (χ4v) is 2.41. The Balaban J connectivity index is 2.47. The lowest BCUT2D eigenvalue weighted by Gasteiger charge is -2.03. The zero-order valence-corrected chi connectivity index (χ0v) is 9.69. The normalized spacial score (nSPS) is 11.4. The highest BCUT2D eigenvalue weighted by atomic mass is 35.5. The maximum absolute atomic E-state index is 6.04. The largest absolute Gasteiger partial charge is 0.222 e. The second-order valence-corrected chi connectivity index (χ2v) is 4.92. The molecule has 0 saturated carbocycles. The van der Waals surface area contributed by atoms with Gasteiger partial charge in [-0.05, 0) is 17.4 Å². The summed E-state index contributed by atoms with van der Waals surface area (Å²) in [6.07, 6.45) is 0.883. The van der Waals surface area contributed by atoms with Gasteiger partial charge >= 0.3 is 0 Å². The average molecular weight is 227 g/mol. The van der Waals surface area contributed by atoms with E-state index in [9.17, 15) is 0 Å². The molecule has 14 heavy (non-hydrogen) atoms. The monoisotopic (exact) mass is 226 g/mol. The summed E-state index contributed by atoms with van der Waals surface area (Å²) in [6.45, 7) is 4.30. The van der Waals surface area contributed by atoms with Crippen LogP contribution in [0, 0.1) is 5.92 Å². The minimum Gasteiger partial charge on any atom is -0.222 e. The zero-order valence-electron chi connectivity index (χ0n) is 8.12. The minimum absolute atomic E-state index is 0.559. The Hall–Kier alpha value is -0.670. The Kier molecular flexibility index (Phi) is 2.70. The topological polar surface area (TPSA) is 25.8 Å². The van der Waals surface area contributed by atoms with Crippen LogP contribution in [0.1, 0.15) is 19.7 Å². The van der Waals surface area contributed by atoms with Gasteiger partial charge in [-0.3, -0.25) is 0 Å². The summed E-state index contributed by atoms with van der Waals surface area (Å²) in [4.78, 5) is 9.72. The van der Waals surface area contributed by atoms with E-state index in [1.807, 2.05) is 11.4 Å². The van der Waals surface area contributed by atoms with Crippen LogP contribution >= 0.6 is 22.9 Å². The van der Waals surface area contributed by atoms with Crippen molar-refractivity contribution in [3.05, 3.63) is 22.4 Å². The molecular formula is C10H11ClN2S. The summed E-state index contributed by atoms with van der Waals surface area (Å²) in [7, 11) is 0. The van der Waals surface area contributed by atoms with Crippen LogP contribution in [0.25, 0.3) is 10.2 Å². The van der Waals surface area contributed by atoms with E-state index in [4.69, 9.17) is 11.6 Å². The molecule has 0 fully saturated rings. The molecule has 4 heteroatoms. The summed E-state index contributed by atoms with van der Waals surface area (Å²) in [5, 5.41) is 3.53. The number of thiophene rings is 1. The third kappa shape index (κ3) is 1.88. The van der Waals surface area contributed by atoms with E-state index < -0.39 is 0 Å². The minimum atomic E-state index is 0.559. The van der Waals surface area contributed by atoms with Crippen molar-refractivity contribution in [2.24, 2.45) is 5.92 Å². The quantitative estimate of drug-likeness (QED) is 0.732. The van der Waals surface area contributed by atoms with E-state index in [-0.39, 0.29) is 0 Å². The average Bonchev–Trinajstić information content (AvgIpc) is 2.50. The molecule has 2 heterocycles. The van der Waals surface area contributed by atoms with E-state index in [2.05, 4.69) is 23.8 Å². The van der Waals surface area contributed by atoms with Gasteiger partial charge in [0.15, 0.2) is 0 Å². The summed E-state index contributed by atoms with van der Waals surface area (Å²) in [5.41, 5.74) is 0. The van der Waals surface area contributed by atoms with E-state index in [0.29, 0.717) is 11.1 Å². The molecule has 0 aliphatic rings. The van der Waals surface area contributed by atoms with E-state index in [1.165, 1.54) is 0 Å². The first-order valence-electron chi connectivity index (χ1n) is 4.56. The van der Waals surface area contributed by atoms with Gasteiger partial charge in [0.1, 0.15) is 15.8 Å². The number of hydrogen-bond acceptors (Lipinski definition) is 3. The van der Waals surface area contributed by atoms with Gasteiger partial charge in [0.05, 0.1) is 0 Å². The van der Waals surface area contributed by atoms with Gasteiger partial charge in [-0.2, -0.15) is 0 Å². The molecule has 0 spiro atoms. The number of rotatable bonds is 2. The van der Waals surface area contributed by atoms with Crippen molar-refractivity contribution in [3.8, 4) is 0 Å². The van der Waals surface area contributed by atoms with Crippen LogP contribution in [0.5, 0.6) is 0 Å². The maximum Gasteiger partial charge on any atom is 0.141 e. The lowest BCUT2D eigenvalue weighted by atomic mass is 10.1. The molecule has 0 aliphatic heterocycles. The predicted molar refractivity (Wildman–Crippen MR) is 61.0 cm³/mol. The van der Waals surface area contributed by atoms with Crippen molar-refractivity contribution in [2.75, 3.05) is 0 Å². The third-order valence-electron chi connectivity index (χ3n) is 1.92. The SMILES string of the molecule is CC(C)Cc1nc(Cl)c2ccsc2n1. The second-order valence-electron chi connectivity index (χ2n) is 3.67. The Labute approximate surface area is 92.0 Å². The summed E-state index contributed by atoms with van der Waals surface area (Å²) < 4.78 is 0. The van der Waals surface area contributed by atoms with Gasteiger partial charge < -0.3 is 0 Å². The molecule has 0 atom stereocenters. The molecule has 2 nitrogen and oxygen atoms in total. The third-order valence-corrected chi connectivity index (χ3v) is 3.01. The predicted octanol–water partition coefficient (Wildman–Crippen LogP) is 3.54. The van der Waals surface area contributed by atoms with Crippen LogP contribution in [0.2, 0.25) is 5.15 Å². The standard InChI is InChI=1S/C10H11ClN2S/c1-6(2)5-8-12-9(11)7-3-4-14-10(7)13-8/h3-4,6H,5H2,1-2H3. The maximum atomic E-state index is 6.04. The van der Waals surface area contributed by atoms with Crippen LogP contribution in [0.4, 0.5) is 0 Å². The van der Waals surface area contributed by atoms with E-state index in [1.54, 1.807) is 11.3 Å². The molecule has 2 aromatic rings. The van der Waals surface area contributed by atoms with E-state index in [0.717, 1.165) is 22.5 Å². The van der Waals surface area contributed by atoms with Gasteiger partial charge in [-0.15, -0.1) is 11.3 Å². The summed E-state index contributed by atoms with van der Waals surface area (Å²) in [6, 6.07) is 1.96. The Morgan fingerprint density at radius 3 is 2.93 bits per heavy atom. The highest BCUT2D eigenvalue weighted by Gasteiger charge is 2.07. The van der Waals surface area contributed by atoms with Crippen molar-refractivity contribution in [2.45, 2.75) is 20.3 Å². The molecule has 0 bridgehead atoms. The second kappa shape index (κ2) is 3.83. The smallest absolute Gasteiger partial charge is 0.141 e. The van der Waals surface area contributed by atoms with Crippen LogP contribution in [-0.4, -0.2) is 9.97 Å². The van der Waals surface area contributed by atoms with Crippen molar-refractivity contribution >= 4 is 33.2 Å². The Morgan fingerprint density at radius 1 is 1.43 bits per heavy atom. The first kappa shape index (κ1) is 9.87. The fourth-order valence-electron chi connectivity index (χ4n) is 1.32. The zero-order chi connectivity index (χ0) is 10.1. The molecule has 74 valence electrons. The molecule has 2 aromatic heterocycles.